The molecule has 1 aromatic heterocycles. The molecule has 21 heavy (non-hydrogen) atoms. The Balaban J connectivity index is 2.04. The number of carbonyl (C=O) groups is 2. The Labute approximate surface area is 121 Å². The lowest BCUT2D eigenvalue weighted by Crippen LogP contribution is -2.15. The Bertz CT molecular complexity index is 670. The number of pyridine rings is 1. The number of carboxylic acids is 1. The number of nitrogens with one attached hydrogen (secondary N) is 1. The number of nitrogens with zero attached hydrogens (tertiary/aromatic N) is 1. The molecule has 0 fully saturated rings. The molecule has 0 saturated carbocycles. The summed E-state index contributed by atoms with van der Waals surface area (Å²) >= 11 is 0. The molecule has 108 valence electrons. The number of hydrogen-bond acceptors (Lipinski definition) is 4. The van der Waals surface area contributed by atoms with Crippen LogP contribution in [0.15, 0.2) is 42.6 Å². The van der Waals surface area contributed by atoms with Gasteiger partial charge in [0.2, 0.25) is 5.91 Å². The van der Waals surface area contributed by atoms with Crippen LogP contribution in [0, 0.1) is 0 Å². The molecule has 0 aliphatic rings. The van der Waals surface area contributed by atoms with Gasteiger partial charge in [0.05, 0.1) is 13.5 Å². The topological polar surface area (TPSA) is 88.5 Å². The van der Waals surface area contributed by atoms with Crippen molar-refractivity contribution in [2.75, 3.05) is 12.4 Å². The molecular formula is C15H14N2O4. The Kier molecular flexibility index (Phi) is 4.50. The minimum atomic E-state index is -1.14. The maximum absolute atomic E-state index is 11.9. The zero-order valence-corrected chi connectivity index (χ0v) is 11.4. The van der Waals surface area contributed by atoms with Crippen molar-refractivity contribution in [1.29, 1.82) is 0 Å². The van der Waals surface area contributed by atoms with Crippen LogP contribution in [0.5, 0.6) is 5.75 Å². The van der Waals surface area contributed by atoms with Crippen LogP contribution < -0.4 is 10.1 Å². The van der Waals surface area contributed by atoms with Crippen molar-refractivity contribution in [3.05, 3.63) is 53.9 Å². The summed E-state index contributed by atoms with van der Waals surface area (Å²) in [6.45, 7) is 0. The average molecular weight is 286 g/mol. The van der Waals surface area contributed by atoms with Crippen LogP contribution in [-0.4, -0.2) is 29.1 Å². The minimum Gasteiger partial charge on any atom is -0.497 e. The van der Waals surface area contributed by atoms with E-state index in [1.807, 2.05) is 6.07 Å². The van der Waals surface area contributed by atoms with Crippen LogP contribution in [0.1, 0.15) is 16.1 Å². The van der Waals surface area contributed by atoms with Gasteiger partial charge in [-0.3, -0.25) is 4.79 Å². The third kappa shape index (κ3) is 4.04. The molecule has 2 aromatic rings. The second-order valence-corrected chi connectivity index (χ2v) is 4.31. The first-order chi connectivity index (χ1) is 10.1. The number of benzene rings is 1. The highest BCUT2D eigenvalue weighted by Crippen LogP contribution is 2.14. The van der Waals surface area contributed by atoms with Crippen LogP contribution in [0.3, 0.4) is 0 Å². The van der Waals surface area contributed by atoms with Gasteiger partial charge in [-0.25, -0.2) is 9.78 Å². The van der Waals surface area contributed by atoms with Gasteiger partial charge in [0.25, 0.3) is 0 Å². The van der Waals surface area contributed by atoms with E-state index in [0.29, 0.717) is 11.4 Å². The second kappa shape index (κ2) is 6.51. The molecule has 0 unspecified atom stereocenters. The van der Waals surface area contributed by atoms with Crippen molar-refractivity contribution in [1.82, 2.24) is 4.98 Å². The fourth-order valence-corrected chi connectivity index (χ4v) is 1.80. The van der Waals surface area contributed by atoms with Gasteiger partial charge in [-0.15, -0.1) is 0 Å². The Morgan fingerprint density at radius 2 is 2.10 bits per heavy atom. The molecule has 0 spiro atoms. The molecule has 0 atom stereocenters. The molecule has 1 amide bonds. The average Bonchev–Trinajstić information content (AvgIpc) is 2.47. The number of amides is 1. The van der Waals surface area contributed by atoms with E-state index in [0.717, 1.165) is 5.56 Å². The van der Waals surface area contributed by atoms with Crippen molar-refractivity contribution in [3.8, 4) is 5.75 Å². The predicted molar refractivity (Wildman–Crippen MR) is 76.5 cm³/mol. The first kappa shape index (κ1) is 14.5. The van der Waals surface area contributed by atoms with Gasteiger partial charge in [-0.05, 0) is 29.8 Å². The van der Waals surface area contributed by atoms with E-state index in [1.165, 1.54) is 18.3 Å². The number of hydrogen-bond donors (Lipinski definition) is 2. The number of carboxylic acid groups (broad SMARTS) is 1. The summed E-state index contributed by atoms with van der Waals surface area (Å²) in [5.41, 5.74) is 1.09. The number of aromatic carboxylic acids is 1. The number of carbonyl (C=O) groups excluding carboxylic acids is 1. The Hall–Kier alpha value is -2.89. The summed E-state index contributed by atoms with van der Waals surface area (Å²) in [5.74, 6) is -0.706. The van der Waals surface area contributed by atoms with Gasteiger partial charge in [0.15, 0.2) is 0 Å². The highest BCUT2D eigenvalue weighted by atomic mass is 16.5. The molecule has 0 aliphatic carbocycles. The molecule has 2 rings (SSSR count). The lowest BCUT2D eigenvalue weighted by molar-refractivity contribution is -0.115. The van der Waals surface area contributed by atoms with Crippen LogP contribution in [0.2, 0.25) is 0 Å². The SMILES string of the molecule is COc1cccc(CC(=O)Nc2ccnc(C(=O)O)c2)c1. The van der Waals surface area contributed by atoms with E-state index in [9.17, 15) is 9.59 Å². The zero-order valence-electron chi connectivity index (χ0n) is 11.4. The number of methoxy groups -OCH3 is 1. The van der Waals surface area contributed by atoms with E-state index in [1.54, 1.807) is 25.3 Å². The zero-order chi connectivity index (χ0) is 15.2. The van der Waals surface area contributed by atoms with E-state index < -0.39 is 5.97 Å². The molecule has 2 N–H and O–H groups in total. The Morgan fingerprint density at radius 1 is 1.29 bits per heavy atom. The van der Waals surface area contributed by atoms with E-state index in [2.05, 4.69) is 10.3 Å². The molecule has 6 heteroatoms. The second-order valence-electron chi connectivity index (χ2n) is 4.31. The van der Waals surface area contributed by atoms with Crippen LogP contribution in [0.4, 0.5) is 5.69 Å². The van der Waals surface area contributed by atoms with Gasteiger partial charge < -0.3 is 15.2 Å². The van der Waals surface area contributed by atoms with Crippen molar-refractivity contribution < 1.29 is 19.4 Å². The van der Waals surface area contributed by atoms with Crippen molar-refractivity contribution in [3.63, 3.8) is 0 Å². The van der Waals surface area contributed by atoms with Crippen LogP contribution in [-0.2, 0) is 11.2 Å². The van der Waals surface area contributed by atoms with Crippen molar-refractivity contribution in [2.45, 2.75) is 6.42 Å². The van der Waals surface area contributed by atoms with E-state index in [4.69, 9.17) is 9.84 Å². The van der Waals surface area contributed by atoms with E-state index >= 15 is 0 Å². The van der Waals surface area contributed by atoms with Gasteiger partial charge in [0, 0.05) is 11.9 Å². The molecule has 1 heterocycles. The monoisotopic (exact) mass is 286 g/mol. The lowest BCUT2D eigenvalue weighted by atomic mass is 10.1. The predicted octanol–water partition coefficient (Wildman–Crippen LogP) is 1.97. The highest BCUT2D eigenvalue weighted by Gasteiger charge is 2.08. The molecule has 0 radical (unpaired) electrons. The number of aromatic nitrogens is 1. The molecule has 0 aliphatic heterocycles. The molecule has 0 bridgehead atoms. The van der Waals surface area contributed by atoms with Crippen LogP contribution in [0.25, 0.3) is 0 Å². The third-order valence-electron chi connectivity index (χ3n) is 2.76. The van der Waals surface area contributed by atoms with Gasteiger partial charge >= 0.3 is 5.97 Å². The summed E-state index contributed by atoms with van der Waals surface area (Å²) in [7, 11) is 1.56. The number of anilines is 1. The first-order valence-electron chi connectivity index (χ1n) is 6.20. The summed E-state index contributed by atoms with van der Waals surface area (Å²) in [6, 6.07) is 10.0. The van der Waals surface area contributed by atoms with Gasteiger partial charge in [-0.1, -0.05) is 12.1 Å². The number of rotatable bonds is 5. The van der Waals surface area contributed by atoms with Crippen LogP contribution >= 0.6 is 0 Å². The minimum absolute atomic E-state index is 0.116. The normalized spacial score (nSPS) is 9.95. The standard InChI is InChI=1S/C15H14N2O4/c1-21-12-4-2-3-10(7-12)8-14(18)17-11-5-6-16-13(9-11)15(19)20/h2-7,9H,8H2,1H3,(H,19,20)(H,16,17,18). The largest absolute Gasteiger partial charge is 0.497 e. The molecule has 1 aromatic carbocycles. The smallest absolute Gasteiger partial charge is 0.354 e. The maximum atomic E-state index is 11.9. The fourth-order valence-electron chi connectivity index (χ4n) is 1.80. The maximum Gasteiger partial charge on any atom is 0.354 e. The van der Waals surface area contributed by atoms with Gasteiger partial charge in [0.1, 0.15) is 11.4 Å². The summed E-state index contributed by atoms with van der Waals surface area (Å²) < 4.78 is 5.09. The van der Waals surface area contributed by atoms with E-state index in [-0.39, 0.29) is 18.0 Å². The van der Waals surface area contributed by atoms with Gasteiger partial charge in [-0.2, -0.15) is 0 Å². The van der Waals surface area contributed by atoms with Crippen molar-refractivity contribution >= 4 is 17.6 Å². The highest BCUT2D eigenvalue weighted by molar-refractivity contribution is 5.94. The quantitative estimate of drug-likeness (QED) is 0.877. The number of ether oxygens (including phenoxy) is 1. The summed E-state index contributed by atoms with van der Waals surface area (Å²) in [5, 5.41) is 11.5. The molecular weight excluding hydrogens is 272 g/mol. The first-order valence-corrected chi connectivity index (χ1v) is 6.20. The third-order valence-corrected chi connectivity index (χ3v) is 2.76. The summed E-state index contributed by atoms with van der Waals surface area (Å²) in [4.78, 5) is 26.4. The fraction of sp³-hybridized carbons (Fsp3) is 0.133. The lowest BCUT2D eigenvalue weighted by Gasteiger charge is -2.07. The summed E-state index contributed by atoms with van der Waals surface area (Å²) in [6.07, 6.45) is 1.51. The van der Waals surface area contributed by atoms with Crippen molar-refractivity contribution in [2.24, 2.45) is 0 Å². The Morgan fingerprint density at radius 3 is 2.81 bits per heavy atom. The molecule has 0 saturated heterocycles. The molecule has 6 nitrogen and oxygen atoms in total.